The summed E-state index contributed by atoms with van der Waals surface area (Å²) >= 11 is 1.45. The standard InChI is InChI=1S/C18H14N4O3S/c23-16(8-12-10-26-18(21-12)13-3-1-2-6-19-13)20-11-4-5-15-14(7-11)22-17(24)9-25-15/h1-7,10H,8-9H2,(H,20,23)(H,22,24). The van der Waals surface area contributed by atoms with Crippen LogP contribution < -0.4 is 15.4 Å². The fourth-order valence-electron chi connectivity index (χ4n) is 2.53. The van der Waals surface area contributed by atoms with Crippen molar-refractivity contribution >= 4 is 34.5 Å². The van der Waals surface area contributed by atoms with Gasteiger partial charge in [0.05, 0.1) is 23.5 Å². The highest BCUT2D eigenvalue weighted by molar-refractivity contribution is 7.13. The van der Waals surface area contributed by atoms with Gasteiger partial charge in [-0.05, 0) is 30.3 Å². The second-order valence-electron chi connectivity index (χ2n) is 5.63. The molecule has 2 N–H and O–H groups in total. The van der Waals surface area contributed by atoms with Crippen molar-refractivity contribution in [2.75, 3.05) is 17.2 Å². The third-order valence-corrected chi connectivity index (χ3v) is 4.59. The van der Waals surface area contributed by atoms with Gasteiger partial charge in [-0.15, -0.1) is 11.3 Å². The number of amides is 2. The van der Waals surface area contributed by atoms with Crippen LogP contribution in [0, 0.1) is 0 Å². The van der Waals surface area contributed by atoms with Gasteiger partial charge in [0.2, 0.25) is 5.91 Å². The second kappa shape index (κ2) is 6.93. The smallest absolute Gasteiger partial charge is 0.262 e. The molecule has 3 aromatic rings. The van der Waals surface area contributed by atoms with Crippen LogP contribution in [-0.4, -0.2) is 28.4 Å². The monoisotopic (exact) mass is 366 g/mol. The van der Waals surface area contributed by atoms with E-state index in [1.165, 1.54) is 11.3 Å². The number of anilines is 2. The summed E-state index contributed by atoms with van der Waals surface area (Å²) in [6, 6.07) is 10.7. The number of benzene rings is 1. The zero-order chi connectivity index (χ0) is 17.9. The summed E-state index contributed by atoms with van der Waals surface area (Å²) in [6.07, 6.45) is 1.87. The number of aromatic nitrogens is 2. The Balaban J connectivity index is 1.42. The van der Waals surface area contributed by atoms with Gasteiger partial charge in [-0.25, -0.2) is 4.98 Å². The van der Waals surface area contributed by atoms with Crippen LogP contribution in [0.15, 0.2) is 48.0 Å². The number of nitrogens with one attached hydrogen (secondary N) is 2. The molecule has 0 saturated heterocycles. The Bertz CT molecular complexity index is 972. The summed E-state index contributed by atoms with van der Waals surface area (Å²) in [5.74, 6) is 0.179. The predicted octanol–water partition coefficient (Wildman–Crippen LogP) is 2.72. The highest BCUT2D eigenvalue weighted by atomic mass is 32.1. The Morgan fingerprint density at radius 1 is 1.31 bits per heavy atom. The van der Waals surface area contributed by atoms with Gasteiger partial charge in [-0.2, -0.15) is 0 Å². The van der Waals surface area contributed by atoms with Crippen molar-refractivity contribution in [2.24, 2.45) is 0 Å². The normalized spacial score (nSPS) is 12.7. The molecule has 7 nitrogen and oxygen atoms in total. The Hall–Kier alpha value is -3.26. The first kappa shape index (κ1) is 16.2. The average molecular weight is 366 g/mol. The maximum Gasteiger partial charge on any atom is 0.262 e. The molecule has 2 amide bonds. The van der Waals surface area contributed by atoms with E-state index in [9.17, 15) is 9.59 Å². The molecular formula is C18H14N4O3S. The maximum absolute atomic E-state index is 12.3. The van der Waals surface area contributed by atoms with Gasteiger partial charge in [0.25, 0.3) is 5.91 Å². The number of nitrogens with zero attached hydrogens (tertiary/aromatic N) is 2. The fraction of sp³-hybridized carbons (Fsp3) is 0.111. The lowest BCUT2D eigenvalue weighted by Gasteiger charge is -2.18. The predicted molar refractivity (Wildman–Crippen MR) is 98.2 cm³/mol. The second-order valence-corrected chi connectivity index (χ2v) is 6.49. The van der Waals surface area contributed by atoms with Gasteiger partial charge in [-0.3, -0.25) is 14.6 Å². The van der Waals surface area contributed by atoms with Gasteiger partial charge in [0, 0.05) is 17.3 Å². The summed E-state index contributed by atoms with van der Waals surface area (Å²) in [6.45, 7) is 0.00113. The third kappa shape index (κ3) is 3.55. The molecule has 26 heavy (non-hydrogen) atoms. The van der Waals surface area contributed by atoms with Crippen LogP contribution in [-0.2, 0) is 16.0 Å². The summed E-state index contributed by atoms with van der Waals surface area (Å²) in [5, 5.41) is 8.15. The van der Waals surface area contributed by atoms with Crippen molar-refractivity contribution in [1.82, 2.24) is 9.97 Å². The number of pyridine rings is 1. The molecule has 0 spiro atoms. The van der Waals surface area contributed by atoms with Gasteiger partial charge < -0.3 is 15.4 Å². The summed E-state index contributed by atoms with van der Waals surface area (Å²) in [4.78, 5) is 32.4. The van der Waals surface area contributed by atoms with Crippen LogP contribution in [0.4, 0.5) is 11.4 Å². The van der Waals surface area contributed by atoms with Gasteiger partial charge in [-0.1, -0.05) is 6.07 Å². The largest absolute Gasteiger partial charge is 0.482 e. The van der Waals surface area contributed by atoms with E-state index in [4.69, 9.17) is 4.74 Å². The van der Waals surface area contributed by atoms with Gasteiger partial charge in [0.15, 0.2) is 6.61 Å². The molecule has 0 unspecified atom stereocenters. The first-order valence-electron chi connectivity index (χ1n) is 7.90. The topological polar surface area (TPSA) is 93.2 Å². The molecule has 1 aliphatic rings. The summed E-state index contributed by atoms with van der Waals surface area (Å²) in [7, 11) is 0. The van der Waals surface area contributed by atoms with E-state index in [0.717, 1.165) is 10.7 Å². The van der Waals surface area contributed by atoms with Crippen LogP contribution in [0.1, 0.15) is 5.69 Å². The van der Waals surface area contributed by atoms with Gasteiger partial charge in [0.1, 0.15) is 10.8 Å². The Morgan fingerprint density at radius 2 is 2.23 bits per heavy atom. The number of thiazole rings is 1. The van der Waals surface area contributed by atoms with E-state index >= 15 is 0 Å². The van der Waals surface area contributed by atoms with Crippen LogP contribution in [0.5, 0.6) is 5.75 Å². The van der Waals surface area contributed by atoms with E-state index in [1.807, 2.05) is 23.6 Å². The van der Waals surface area contributed by atoms with Crippen LogP contribution in [0.25, 0.3) is 10.7 Å². The number of carbonyl (C=O) groups is 2. The van der Waals surface area contributed by atoms with E-state index in [-0.39, 0.29) is 24.8 Å². The van der Waals surface area contributed by atoms with E-state index in [1.54, 1.807) is 24.4 Å². The van der Waals surface area contributed by atoms with Crippen molar-refractivity contribution in [3.63, 3.8) is 0 Å². The summed E-state index contributed by atoms with van der Waals surface area (Å²) in [5.41, 5.74) is 2.60. The third-order valence-electron chi connectivity index (χ3n) is 3.67. The first-order chi connectivity index (χ1) is 12.7. The minimum Gasteiger partial charge on any atom is -0.482 e. The van der Waals surface area contributed by atoms with Crippen molar-refractivity contribution in [3.05, 3.63) is 53.7 Å². The number of carbonyl (C=O) groups excluding carboxylic acids is 2. The lowest BCUT2D eigenvalue weighted by Crippen LogP contribution is -2.25. The molecule has 2 aromatic heterocycles. The average Bonchev–Trinajstić information content (AvgIpc) is 3.10. The molecule has 0 aliphatic carbocycles. The SMILES string of the molecule is O=C(Cc1csc(-c2ccccn2)n1)Nc1ccc2c(c1)NC(=O)CO2. The molecule has 3 heterocycles. The Morgan fingerprint density at radius 3 is 3.08 bits per heavy atom. The molecule has 0 saturated carbocycles. The van der Waals surface area contributed by atoms with Crippen molar-refractivity contribution in [3.8, 4) is 16.5 Å². The molecule has 130 valence electrons. The number of ether oxygens (including phenoxy) is 1. The minimum atomic E-state index is -0.217. The number of hydrogen-bond donors (Lipinski definition) is 2. The zero-order valence-electron chi connectivity index (χ0n) is 13.6. The lowest BCUT2D eigenvalue weighted by molar-refractivity contribution is -0.118. The molecule has 0 atom stereocenters. The Labute approximate surface area is 153 Å². The molecule has 0 radical (unpaired) electrons. The van der Waals surface area contributed by atoms with E-state index < -0.39 is 0 Å². The van der Waals surface area contributed by atoms with Crippen LogP contribution in [0.3, 0.4) is 0 Å². The van der Waals surface area contributed by atoms with Gasteiger partial charge >= 0.3 is 0 Å². The summed E-state index contributed by atoms with van der Waals surface area (Å²) < 4.78 is 5.30. The molecule has 1 aromatic carbocycles. The molecule has 8 heteroatoms. The quantitative estimate of drug-likeness (QED) is 0.741. The molecule has 1 aliphatic heterocycles. The molecular weight excluding hydrogens is 352 g/mol. The van der Waals surface area contributed by atoms with Crippen LogP contribution in [0.2, 0.25) is 0 Å². The molecule has 0 bridgehead atoms. The molecule has 4 rings (SSSR count). The van der Waals surface area contributed by atoms with Crippen molar-refractivity contribution < 1.29 is 14.3 Å². The number of fused-ring (bicyclic) bond motifs is 1. The Kier molecular flexibility index (Phi) is 4.32. The maximum atomic E-state index is 12.3. The fourth-order valence-corrected chi connectivity index (χ4v) is 3.32. The van der Waals surface area contributed by atoms with E-state index in [0.29, 0.717) is 22.8 Å². The first-order valence-corrected chi connectivity index (χ1v) is 8.78. The highest BCUT2D eigenvalue weighted by Crippen LogP contribution is 2.30. The number of hydrogen-bond acceptors (Lipinski definition) is 6. The molecule has 0 fully saturated rings. The zero-order valence-corrected chi connectivity index (χ0v) is 14.4. The lowest BCUT2D eigenvalue weighted by atomic mass is 10.2. The minimum absolute atomic E-state index is 0.00113. The van der Waals surface area contributed by atoms with E-state index in [2.05, 4.69) is 20.6 Å². The van der Waals surface area contributed by atoms with Crippen molar-refractivity contribution in [2.45, 2.75) is 6.42 Å². The highest BCUT2D eigenvalue weighted by Gasteiger charge is 2.17. The van der Waals surface area contributed by atoms with Crippen LogP contribution >= 0.6 is 11.3 Å². The van der Waals surface area contributed by atoms with Crippen molar-refractivity contribution in [1.29, 1.82) is 0 Å². The number of rotatable bonds is 4.